The molecular weight excluding hydrogens is 242 g/mol. The number of rotatable bonds is 2. The second kappa shape index (κ2) is 4.71. The Balaban J connectivity index is 1.86. The van der Waals surface area contributed by atoms with Gasteiger partial charge in [0, 0.05) is 30.2 Å². The lowest BCUT2D eigenvalue weighted by atomic mass is 10.1. The van der Waals surface area contributed by atoms with Crippen molar-refractivity contribution in [2.24, 2.45) is 5.73 Å². The zero-order valence-corrected chi connectivity index (χ0v) is 11.3. The summed E-state index contributed by atoms with van der Waals surface area (Å²) in [5.41, 5.74) is 8.52. The van der Waals surface area contributed by atoms with Crippen LogP contribution in [0.25, 0.3) is 0 Å². The SMILES string of the molecule is C[C@@H](N)c1ccnc(N2CCc3sccc3C2)c1. The third kappa shape index (κ3) is 2.13. The molecular formula is C14H17N3S. The molecule has 0 fully saturated rings. The van der Waals surface area contributed by atoms with Crippen LogP contribution in [0.15, 0.2) is 29.8 Å². The van der Waals surface area contributed by atoms with Gasteiger partial charge in [-0.1, -0.05) is 0 Å². The van der Waals surface area contributed by atoms with Crippen LogP contribution in [0.1, 0.15) is 29.0 Å². The highest BCUT2D eigenvalue weighted by atomic mass is 32.1. The molecule has 3 nitrogen and oxygen atoms in total. The summed E-state index contributed by atoms with van der Waals surface area (Å²) in [4.78, 5) is 8.33. The van der Waals surface area contributed by atoms with E-state index in [1.54, 1.807) is 0 Å². The first-order valence-corrected chi connectivity index (χ1v) is 7.14. The van der Waals surface area contributed by atoms with Gasteiger partial charge in [-0.3, -0.25) is 0 Å². The van der Waals surface area contributed by atoms with Crippen LogP contribution in [0.2, 0.25) is 0 Å². The van der Waals surface area contributed by atoms with Crippen molar-refractivity contribution >= 4 is 17.2 Å². The molecule has 0 aliphatic carbocycles. The van der Waals surface area contributed by atoms with Crippen molar-refractivity contribution < 1.29 is 0 Å². The molecule has 3 heterocycles. The van der Waals surface area contributed by atoms with Crippen molar-refractivity contribution in [1.29, 1.82) is 0 Å². The van der Waals surface area contributed by atoms with E-state index in [9.17, 15) is 0 Å². The number of nitrogens with zero attached hydrogens (tertiary/aromatic N) is 2. The van der Waals surface area contributed by atoms with Gasteiger partial charge < -0.3 is 10.6 Å². The number of hydrogen-bond donors (Lipinski definition) is 1. The molecule has 0 saturated heterocycles. The van der Waals surface area contributed by atoms with Gasteiger partial charge in [0.2, 0.25) is 0 Å². The van der Waals surface area contributed by atoms with Crippen molar-refractivity contribution in [3.8, 4) is 0 Å². The predicted octanol–water partition coefficient (Wildman–Crippen LogP) is 2.73. The Labute approximate surface area is 111 Å². The average Bonchev–Trinajstić information content (AvgIpc) is 2.86. The highest BCUT2D eigenvalue weighted by molar-refractivity contribution is 7.10. The van der Waals surface area contributed by atoms with Gasteiger partial charge in [0.15, 0.2) is 0 Å². The van der Waals surface area contributed by atoms with Crippen LogP contribution in [-0.4, -0.2) is 11.5 Å². The van der Waals surface area contributed by atoms with Gasteiger partial charge in [0.05, 0.1) is 0 Å². The Kier molecular flexibility index (Phi) is 3.06. The Bertz CT molecular complexity index is 547. The molecule has 0 radical (unpaired) electrons. The maximum atomic E-state index is 5.93. The number of pyridine rings is 1. The minimum Gasteiger partial charge on any atom is -0.352 e. The van der Waals surface area contributed by atoms with Gasteiger partial charge in [-0.15, -0.1) is 11.3 Å². The normalized spacial score (nSPS) is 16.4. The molecule has 0 saturated carbocycles. The van der Waals surface area contributed by atoms with Crippen LogP contribution in [0, 0.1) is 0 Å². The van der Waals surface area contributed by atoms with E-state index in [0.717, 1.165) is 30.9 Å². The minimum atomic E-state index is 0.0632. The maximum Gasteiger partial charge on any atom is 0.129 e. The summed E-state index contributed by atoms with van der Waals surface area (Å²) < 4.78 is 0. The molecule has 2 aromatic rings. The van der Waals surface area contributed by atoms with E-state index in [-0.39, 0.29) is 6.04 Å². The molecule has 2 aromatic heterocycles. The van der Waals surface area contributed by atoms with Gasteiger partial charge in [-0.05, 0) is 48.1 Å². The largest absolute Gasteiger partial charge is 0.352 e. The number of nitrogens with two attached hydrogens (primary N) is 1. The Hall–Kier alpha value is -1.39. The molecule has 1 atom stereocenters. The molecule has 0 aromatic carbocycles. The van der Waals surface area contributed by atoms with E-state index in [4.69, 9.17) is 5.73 Å². The lowest BCUT2D eigenvalue weighted by Crippen LogP contribution is -2.30. The second-order valence-electron chi connectivity index (χ2n) is 4.78. The number of fused-ring (bicyclic) bond motifs is 1. The minimum absolute atomic E-state index is 0.0632. The molecule has 3 rings (SSSR count). The Morgan fingerprint density at radius 3 is 3.17 bits per heavy atom. The summed E-state index contributed by atoms with van der Waals surface area (Å²) in [6.45, 7) is 4.02. The summed E-state index contributed by atoms with van der Waals surface area (Å²) in [5.74, 6) is 1.04. The summed E-state index contributed by atoms with van der Waals surface area (Å²) in [7, 11) is 0. The fourth-order valence-electron chi connectivity index (χ4n) is 2.33. The Morgan fingerprint density at radius 1 is 1.44 bits per heavy atom. The first kappa shape index (κ1) is 11.7. The number of aromatic nitrogens is 1. The van der Waals surface area contributed by atoms with Crippen molar-refractivity contribution in [2.75, 3.05) is 11.4 Å². The molecule has 1 aliphatic rings. The van der Waals surface area contributed by atoms with Gasteiger partial charge in [-0.25, -0.2) is 4.98 Å². The van der Waals surface area contributed by atoms with Gasteiger partial charge in [0.1, 0.15) is 5.82 Å². The molecule has 1 aliphatic heterocycles. The molecule has 18 heavy (non-hydrogen) atoms. The fraction of sp³-hybridized carbons (Fsp3) is 0.357. The van der Waals surface area contributed by atoms with Crippen LogP contribution >= 0.6 is 11.3 Å². The molecule has 0 bridgehead atoms. The van der Waals surface area contributed by atoms with Crippen LogP contribution < -0.4 is 10.6 Å². The van der Waals surface area contributed by atoms with Crippen LogP contribution in [0.5, 0.6) is 0 Å². The van der Waals surface area contributed by atoms with E-state index in [1.807, 2.05) is 30.5 Å². The van der Waals surface area contributed by atoms with Crippen molar-refractivity contribution in [3.05, 3.63) is 45.8 Å². The van der Waals surface area contributed by atoms with E-state index in [2.05, 4.69) is 27.4 Å². The van der Waals surface area contributed by atoms with Gasteiger partial charge >= 0.3 is 0 Å². The van der Waals surface area contributed by atoms with Crippen LogP contribution in [0.4, 0.5) is 5.82 Å². The van der Waals surface area contributed by atoms with Gasteiger partial charge in [-0.2, -0.15) is 0 Å². The fourth-order valence-corrected chi connectivity index (χ4v) is 3.22. The smallest absolute Gasteiger partial charge is 0.129 e. The molecule has 94 valence electrons. The zero-order chi connectivity index (χ0) is 12.5. The van der Waals surface area contributed by atoms with Crippen molar-refractivity contribution in [2.45, 2.75) is 25.9 Å². The van der Waals surface area contributed by atoms with Crippen molar-refractivity contribution in [1.82, 2.24) is 4.98 Å². The summed E-state index contributed by atoms with van der Waals surface area (Å²) in [5, 5.41) is 2.18. The third-order valence-electron chi connectivity index (χ3n) is 3.43. The van der Waals surface area contributed by atoms with Gasteiger partial charge in [0.25, 0.3) is 0 Å². The molecule has 0 unspecified atom stereocenters. The van der Waals surface area contributed by atoms with Crippen LogP contribution in [0.3, 0.4) is 0 Å². The van der Waals surface area contributed by atoms with E-state index < -0.39 is 0 Å². The zero-order valence-electron chi connectivity index (χ0n) is 10.5. The monoisotopic (exact) mass is 259 g/mol. The predicted molar refractivity (Wildman–Crippen MR) is 75.9 cm³/mol. The number of hydrogen-bond acceptors (Lipinski definition) is 4. The molecule has 4 heteroatoms. The molecule has 0 spiro atoms. The number of thiophene rings is 1. The Morgan fingerprint density at radius 2 is 2.33 bits per heavy atom. The van der Waals surface area contributed by atoms with E-state index in [0.29, 0.717) is 0 Å². The standard InChI is InChI=1S/C14H17N3S/c1-10(15)11-2-5-16-14(8-11)17-6-3-13-12(9-17)4-7-18-13/h2,4-5,7-8,10H,3,6,9,15H2,1H3/t10-/m1/s1. The summed E-state index contributed by atoms with van der Waals surface area (Å²) >= 11 is 1.86. The van der Waals surface area contributed by atoms with E-state index >= 15 is 0 Å². The molecule has 0 amide bonds. The lowest BCUT2D eigenvalue weighted by molar-refractivity contribution is 0.727. The third-order valence-corrected chi connectivity index (χ3v) is 4.45. The molecule has 2 N–H and O–H groups in total. The lowest BCUT2D eigenvalue weighted by Gasteiger charge is -2.28. The average molecular weight is 259 g/mol. The first-order chi connectivity index (χ1) is 8.74. The van der Waals surface area contributed by atoms with Crippen LogP contribution in [-0.2, 0) is 13.0 Å². The summed E-state index contributed by atoms with van der Waals surface area (Å²) in [6, 6.07) is 6.39. The van der Waals surface area contributed by atoms with E-state index in [1.165, 1.54) is 10.4 Å². The maximum absolute atomic E-state index is 5.93. The van der Waals surface area contributed by atoms with Crippen molar-refractivity contribution in [3.63, 3.8) is 0 Å². The second-order valence-corrected chi connectivity index (χ2v) is 5.78. The highest BCUT2D eigenvalue weighted by Crippen LogP contribution is 2.27. The quantitative estimate of drug-likeness (QED) is 0.901. The highest BCUT2D eigenvalue weighted by Gasteiger charge is 2.18. The number of anilines is 1. The first-order valence-electron chi connectivity index (χ1n) is 6.26. The topological polar surface area (TPSA) is 42.1 Å². The summed E-state index contributed by atoms with van der Waals surface area (Å²) in [6.07, 6.45) is 2.98.